The summed E-state index contributed by atoms with van der Waals surface area (Å²) in [5.41, 5.74) is 3.57. The summed E-state index contributed by atoms with van der Waals surface area (Å²) in [6.07, 6.45) is 0.994. The minimum Gasteiger partial charge on any atom is -0.207 e. The molecule has 15 heavy (non-hydrogen) atoms. The second kappa shape index (κ2) is 4.26. The molecule has 0 amide bonds. The molecule has 2 rings (SSSR count). The van der Waals surface area contributed by atoms with E-state index in [1.54, 1.807) is 0 Å². The molecule has 0 spiro atoms. The fraction of sp³-hybridized carbons (Fsp3) is 0.143. The van der Waals surface area contributed by atoms with E-state index < -0.39 is 0 Å². The zero-order valence-electron chi connectivity index (χ0n) is 8.70. The molecule has 0 atom stereocenters. The van der Waals surface area contributed by atoms with Crippen molar-refractivity contribution in [2.45, 2.75) is 13.3 Å². The van der Waals surface area contributed by atoms with Gasteiger partial charge in [-0.2, -0.15) is 0 Å². The van der Waals surface area contributed by atoms with Gasteiger partial charge in [0.1, 0.15) is 5.82 Å². The summed E-state index contributed by atoms with van der Waals surface area (Å²) < 4.78 is 12.8. The monoisotopic (exact) mass is 200 g/mol. The van der Waals surface area contributed by atoms with Gasteiger partial charge in [0.15, 0.2) is 0 Å². The molecule has 0 N–H and O–H groups in total. The lowest BCUT2D eigenvalue weighted by molar-refractivity contribution is 0.628. The zero-order chi connectivity index (χ0) is 10.7. The summed E-state index contributed by atoms with van der Waals surface area (Å²) in [4.78, 5) is 0. The van der Waals surface area contributed by atoms with Gasteiger partial charge in [0, 0.05) is 0 Å². The molecule has 76 valence electrons. The van der Waals surface area contributed by atoms with Gasteiger partial charge in [0.25, 0.3) is 0 Å². The van der Waals surface area contributed by atoms with Crippen LogP contribution in [-0.4, -0.2) is 0 Å². The van der Waals surface area contributed by atoms with Crippen LogP contribution in [0.5, 0.6) is 0 Å². The molecule has 0 saturated carbocycles. The predicted molar refractivity (Wildman–Crippen MR) is 61.2 cm³/mol. The molecule has 0 saturated heterocycles. The molecule has 0 aliphatic carbocycles. The third kappa shape index (κ3) is 2.07. The third-order valence-corrected chi connectivity index (χ3v) is 2.55. The number of rotatable bonds is 2. The van der Waals surface area contributed by atoms with Crippen LogP contribution in [0, 0.1) is 5.82 Å². The average molecular weight is 200 g/mol. The molecular weight excluding hydrogens is 187 g/mol. The highest BCUT2D eigenvalue weighted by Gasteiger charge is 2.02. The maximum atomic E-state index is 12.8. The van der Waals surface area contributed by atoms with E-state index in [0.717, 1.165) is 12.0 Å². The van der Waals surface area contributed by atoms with Crippen molar-refractivity contribution in [3.63, 3.8) is 0 Å². The van der Waals surface area contributed by atoms with Crippen LogP contribution in [0.15, 0.2) is 48.5 Å². The first-order chi connectivity index (χ1) is 7.31. The number of aryl methyl sites for hydroxylation is 1. The Morgan fingerprint density at radius 2 is 1.60 bits per heavy atom. The number of halogens is 1. The van der Waals surface area contributed by atoms with Gasteiger partial charge in [0.2, 0.25) is 0 Å². The summed E-state index contributed by atoms with van der Waals surface area (Å²) in [6, 6.07) is 14.9. The van der Waals surface area contributed by atoms with Gasteiger partial charge in [-0.25, -0.2) is 4.39 Å². The second-order valence-corrected chi connectivity index (χ2v) is 3.52. The van der Waals surface area contributed by atoms with Gasteiger partial charge in [-0.05, 0) is 35.2 Å². The van der Waals surface area contributed by atoms with Crippen molar-refractivity contribution in [2.24, 2.45) is 0 Å². The highest BCUT2D eigenvalue weighted by molar-refractivity contribution is 5.67. The highest BCUT2D eigenvalue weighted by Crippen LogP contribution is 2.23. The van der Waals surface area contributed by atoms with Crippen LogP contribution in [0.2, 0.25) is 0 Å². The molecule has 0 fully saturated rings. The molecule has 2 aromatic carbocycles. The Morgan fingerprint density at radius 1 is 0.933 bits per heavy atom. The van der Waals surface area contributed by atoms with Gasteiger partial charge in [-0.15, -0.1) is 0 Å². The summed E-state index contributed by atoms with van der Waals surface area (Å²) in [5, 5.41) is 0. The van der Waals surface area contributed by atoms with Gasteiger partial charge in [0.05, 0.1) is 0 Å². The minimum atomic E-state index is -0.187. The Morgan fingerprint density at radius 3 is 2.27 bits per heavy atom. The molecule has 0 nitrogen and oxygen atoms in total. The van der Waals surface area contributed by atoms with E-state index in [-0.39, 0.29) is 5.82 Å². The number of hydrogen-bond donors (Lipinski definition) is 0. The maximum Gasteiger partial charge on any atom is 0.123 e. The van der Waals surface area contributed by atoms with Crippen LogP contribution in [0.3, 0.4) is 0 Å². The summed E-state index contributed by atoms with van der Waals surface area (Å²) in [7, 11) is 0. The first-order valence-electron chi connectivity index (χ1n) is 5.15. The van der Waals surface area contributed by atoms with E-state index >= 15 is 0 Å². The zero-order valence-corrected chi connectivity index (χ0v) is 8.70. The normalized spacial score (nSPS) is 10.3. The first-order valence-corrected chi connectivity index (χ1v) is 5.15. The molecule has 0 heterocycles. The summed E-state index contributed by atoms with van der Waals surface area (Å²) in [5.74, 6) is -0.187. The van der Waals surface area contributed by atoms with Crippen LogP contribution >= 0.6 is 0 Å². The molecule has 0 aliphatic rings. The van der Waals surface area contributed by atoms with E-state index in [0.29, 0.717) is 0 Å². The molecule has 0 aliphatic heterocycles. The van der Waals surface area contributed by atoms with Crippen LogP contribution in [0.4, 0.5) is 4.39 Å². The van der Waals surface area contributed by atoms with Crippen molar-refractivity contribution in [2.75, 3.05) is 0 Å². The van der Waals surface area contributed by atoms with E-state index in [1.165, 1.54) is 23.3 Å². The largest absolute Gasteiger partial charge is 0.207 e. The van der Waals surface area contributed by atoms with Crippen molar-refractivity contribution >= 4 is 0 Å². The van der Waals surface area contributed by atoms with E-state index in [2.05, 4.69) is 19.1 Å². The molecule has 0 unspecified atom stereocenters. The fourth-order valence-electron chi connectivity index (χ4n) is 1.74. The molecule has 2 aromatic rings. The first kappa shape index (κ1) is 9.91. The second-order valence-electron chi connectivity index (χ2n) is 3.52. The molecule has 0 bridgehead atoms. The number of hydrogen-bond acceptors (Lipinski definition) is 0. The topological polar surface area (TPSA) is 0 Å². The molecule has 0 aromatic heterocycles. The summed E-state index contributed by atoms with van der Waals surface area (Å²) in [6.45, 7) is 2.13. The summed E-state index contributed by atoms with van der Waals surface area (Å²) >= 11 is 0. The lowest BCUT2D eigenvalue weighted by Gasteiger charge is -2.07. The van der Waals surface area contributed by atoms with E-state index in [9.17, 15) is 4.39 Å². The van der Waals surface area contributed by atoms with Crippen LogP contribution in [0.1, 0.15) is 12.5 Å². The van der Waals surface area contributed by atoms with Gasteiger partial charge < -0.3 is 0 Å². The maximum absolute atomic E-state index is 12.8. The minimum absolute atomic E-state index is 0.187. The Balaban J connectivity index is 2.49. The fourth-order valence-corrected chi connectivity index (χ4v) is 1.74. The van der Waals surface area contributed by atoms with Crippen molar-refractivity contribution in [1.29, 1.82) is 0 Å². The van der Waals surface area contributed by atoms with Crippen LogP contribution in [0.25, 0.3) is 11.1 Å². The predicted octanol–water partition coefficient (Wildman–Crippen LogP) is 4.06. The van der Waals surface area contributed by atoms with Gasteiger partial charge in [-0.1, -0.05) is 43.3 Å². The lowest BCUT2D eigenvalue weighted by Crippen LogP contribution is -1.86. The van der Waals surface area contributed by atoms with Gasteiger partial charge in [-0.3, -0.25) is 0 Å². The quantitative estimate of drug-likeness (QED) is 0.686. The Bertz CT molecular complexity index is 443. The number of benzene rings is 2. The standard InChI is InChI=1S/C14H13F/c1-2-11-5-3-4-6-14(11)12-7-9-13(15)10-8-12/h3-10H,2H2,1H3. The highest BCUT2D eigenvalue weighted by atomic mass is 19.1. The lowest BCUT2D eigenvalue weighted by atomic mass is 9.98. The van der Waals surface area contributed by atoms with Crippen LogP contribution < -0.4 is 0 Å². The van der Waals surface area contributed by atoms with Crippen molar-refractivity contribution in [3.8, 4) is 11.1 Å². The average Bonchev–Trinajstić information content (AvgIpc) is 2.30. The Hall–Kier alpha value is -1.63. The molecule has 0 radical (unpaired) electrons. The van der Waals surface area contributed by atoms with Crippen molar-refractivity contribution in [1.82, 2.24) is 0 Å². The smallest absolute Gasteiger partial charge is 0.123 e. The Labute approximate surface area is 89.4 Å². The molecular formula is C14H13F. The molecule has 1 heteroatoms. The van der Waals surface area contributed by atoms with Gasteiger partial charge >= 0.3 is 0 Å². The van der Waals surface area contributed by atoms with Crippen LogP contribution in [-0.2, 0) is 6.42 Å². The SMILES string of the molecule is CCc1ccccc1-c1ccc(F)cc1. The van der Waals surface area contributed by atoms with Crippen molar-refractivity contribution < 1.29 is 4.39 Å². The van der Waals surface area contributed by atoms with E-state index in [1.807, 2.05) is 24.3 Å². The Kier molecular flexibility index (Phi) is 2.82. The van der Waals surface area contributed by atoms with E-state index in [4.69, 9.17) is 0 Å². The van der Waals surface area contributed by atoms with Crippen molar-refractivity contribution in [3.05, 3.63) is 59.9 Å². The third-order valence-electron chi connectivity index (χ3n) is 2.55.